The molecular formula is C29H36N2O5. The molecule has 7 heteroatoms. The number of benzene rings is 2. The lowest BCUT2D eigenvalue weighted by molar-refractivity contribution is -0.145. The number of ether oxygens (including phenoxy) is 1. The Morgan fingerprint density at radius 2 is 1.61 bits per heavy atom. The van der Waals surface area contributed by atoms with Crippen LogP contribution in [-0.4, -0.2) is 42.1 Å². The fraction of sp³-hybridized carbons (Fsp3) is 0.345. The summed E-state index contributed by atoms with van der Waals surface area (Å²) in [5.41, 5.74) is 1.78. The number of allylic oxidation sites excluding steroid dienone is 2. The van der Waals surface area contributed by atoms with Gasteiger partial charge in [-0.15, -0.1) is 13.2 Å². The zero-order chi connectivity index (χ0) is 26.2. The molecule has 0 saturated carbocycles. The van der Waals surface area contributed by atoms with E-state index in [2.05, 4.69) is 23.8 Å². The SMILES string of the molecule is C=CCCC(=O)OC[C@H](NC(=O)[C@@H](CC=C)CC(=O)N[C@@H](CO)Cc1ccccc1)c1ccccc1. The standard InChI is InChI=1S/C29H36N2O5/c1-3-5-17-28(34)36-21-26(23-15-10-7-11-16-23)31-29(35)24(12-4-2)19-27(33)30-25(20-32)18-22-13-8-6-9-14-22/h3-4,6-11,13-16,24-26,32H,1-2,5,12,17-21H2,(H,30,33)(H,31,35)/t24-,25+,26-/m0/s1. The lowest BCUT2D eigenvalue weighted by Crippen LogP contribution is -2.42. The highest BCUT2D eigenvalue weighted by atomic mass is 16.5. The number of aliphatic hydroxyl groups is 1. The van der Waals surface area contributed by atoms with Gasteiger partial charge < -0.3 is 20.5 Å². The fourth-order valence-corrected chi connectivity index (χ4v) is 3.72. The van der Waals surface area contributed by atoms with Crippen molar-refractivity contribution in [3.8, 4) is 0 Å². The number of aliphatic hydroxyl groups excluding tert-OH is 1. The van der Waals surface area contributed by atoms with Crippen LogP contribution in [0, 0.1) is 5.92 Å². The van der Waals surface area contributed by atoms with E-state index in [1.54, 1.807) is 12.2 Å². The van der Waals surface area contributed by atoms with Gasteiger partial charge in [0.2, 0.25) is 11.8 Å². The minimum absolute atomic E-state index is 0.0254. The Balaban J connectivity index is 2.02. The van der Waals surface area contributed by atoms with Gasteiger partial charge in [0.05, 0.1) is 24.6 Å². The molecule has 2 aromatic rings. The van der Waals surface area contributed by atoms with Crippen LogP contribution in [-0.2, 0) is 25.5 Å². The van der Waals surface area contributed by atoms with Gasteiger partial charge in [-0.3, -0.25) is 14.4 Å². The topological polar surface area (TPSA) is 105 Å². The highest BCUT2D eigenvalue weighted by Crippen LogP contribution is 2.17. The van der Waals surface area contributed by atoms with Crippen molar-refractivity contribution in [2.75, 3.05) is 13.2 Å². The summed E-state index contributed by atoms with van der Waals surface area (Å²) in [6.45, 7) is 7.08. The second-order valence-electron chi connectivity index (χ2n) is 8.54. The van der Waals surface area contributed by atoms with Gasteiger partial charge in [-0.25, -0.2) is 0 Å². The molecule has 192 valence electrons. The van der Waals surface area contributed by atoms with Gasteiger partial charge in [-0.2, -0.15) is 0 Å². The first-order valence-electron chi connectivity index (χ1n) is 12.1. The van der Waals surface area contributed by atoms with Crippen molar-refractivity contribution in [3.05, 3.63) is 97.1 Å². The maximum atomic E-state index is 13.2. The molecule has 0 spiro atoms. The number of rotatable bonds is 16. The van der Waals surface area contributed by atoms with Crippen molar-refractivity contribution < 1.29 is 24.2 Å². The van der Waals surface area contributed by atoms with E-state index in [4.69, 9.17) is 4.74 Å². The van der Waals surface area contributed by atoms with Crippen molar-refractivity contribution >= 4 is 17.8 Å². The molecule has 0 aromatic heterocycles. The third-order valence-electron chi connectivity index (χ3n) is 5.65. The Morgan fingerprint density at radius 1 is 0.944 bits per heavy atom. The summed E-state index contributed by atoms with van der Waals surface area (Å²) in [5.74, 6) is -1.72. The Bertz CT molecular complexity index is 978. The highest BCUT2D eigenvalue weighted by molar-refractivity contribution is 5.86. The van der Waals surface area contributed by atoms with Gasteiger partial charge >= 0.3 is 5.97 Å². The van der Waals surface area contributed by atoms with E-state index in [1.165, 1.54) is 0 Å². The Kier molecular flexibility index (Phi) is 12.7. The van der Waals surface area contributed by atoms with Gasteiger partial charge in [-0.05, 0) is 30.4 Å². The van der Waals surface area contributed by atoms with Crippen LogP contribution < -0.4 is 10.6 Å². The third-order valence-corrected chi connectivity index (χ3v) is 5.65. The first kappa shape index (κ1) is 28.5. The molecule has 2 amide bonds. The monoisotopic (exact) mass is 492 g/mol. The number of hydrogen-bond acceptors (Lipinski definition) is 5. The quantitative estimate of drug-likeness (QED) is 0.245. The number of nitrogens with one attached hydrogen (secondary N) is 2. The average molecular weight is 493 g/mol. The van der Waals surface area contributed by atoms with E-state index in [-0.39, 0.29) is 43.8 Å². The molecule has 0 aliphatic carbocycles. The van der Waals surface area contributed by atoms with Crippen LogP contribution in [0.3, 0.4) is 0 Å². The molecule has 0 saturated heterocycles. The summed E-state index contributed by atoms with van der Waals surface area (Å²) in [6, 6.07) is 17.7. The summed E-state index contributed by atoms with van der Waals surface area (Å²) >= 11 is 0. The zero-order valence-electron chi connectivity index (χ0n) is 20.6. The minimum Gasteiger partial charge on any atom is -0.463 e. The molecule has 2 aromatic carbocycles. The Morgan fingerprint density at radius 3 is 2.22 bits per heavy atom. The molecule has 0 fully saturated rings. The van der Waals surface area contributed by atoms with Gasteiger partial charge in [0.25, 0.3) is 0 Å². The predicted octanol–water partition coefficient (Wildman–Crippen LogP) is 3.66. The molecule has 0 aliphatic heterocycles. The van der Waals surface area contributed by atoms with Crippen LogP contribution in [0.1, 0.15) is 42.9 Å². The van der Waals surface area contributed by atoms with Gasteiger partial charge in [0, 0.05) is 12.8 Å². The van der Waals surface area contributed by atoms with Gasteiger partial charge in [0.15, 0.2) is 0 Å². The van der Waals surface area contributed by atoms with E-state index in [1.807, 2.05) is 60.7 Å². The van der Waals surface area contributed by atoms with E-state index in [0.29, 0.717) is 19.3 Å². The molecule has 0 radical (unpaired) electrons. The maximum absolute atomic E-state index is 13.2. The van der Waals surface area contributed by atoms with Crippen LogP contribution in [0.15, 0.2) is 86.0 Å². The average Bonchev–Trinajstić information content (AvgIpc) is 2.90. The Labute approximate surface area is 213 Å². The van der Waals surface area contributed by atoms with Gasteiger partial charge in [-0.1, -0.05) is 72.8 Å². The first-order chi connectivity index (χ1) is 17.5. The van der Waals surface area contributed by atoms with Crippen LogP contribution in [0.4, 0.5) is 0 Å². The van der Waals surface area contributed by atoms with Gasteiger partial charge in [0.1, 0.15) is 6.61 Å². The van der Waals surface area contributed by atoms with E-state index >= 15 is 0 Å². The lowest BCUT2D eigenvalue weighted by atomic mass is 9.98. The minimum atomic E-state index is -0.666. The predicted molar refractivity (Wildman–Crippen MR) is 140 cm³/mol. The second kappa shape index (κ2) is 16.1. The van der Waals surface area contributed by atoms with Crippen molar-refractivity contribution in [2.24, 2.45) is 5.92 Å². The molecule has 2 rings (SSSR count). The number of esters is 1. The molecule has 36 heavy (non-hydrogen) atoms. The van der Waals surface area contributed by atoms with E-state index in [9.17, 15) is 19.5 Å². The van der Waals surface area contributed by atoms with E-state index < -0.39 is 18.0 Å². The lowest BCUT2D eigenvalue weighted by Gasteiger charge is -2.23. The van der Waals surface area contributed by atoms with Crippen molar-refractivity contribution in [3.63, 3.8) is 0 Å². The smallest absolute Gasteiger partial charge is 0.306 e. The number of carbonyl (C=O) groups excluding carboxylic acids is 3. The van der Waals surface area contributed by atoms with Crippen LogP contribution in [0.25, 0.3) is 0 Å². The normalized spacial score (nSPS) is 13.0. The molecular weight excluding hydrogens is 456 g/mol. The molecule has 3 atom stereocenters. The van der Waals surface area contributed by atoms with Crippen molar-refractivity contribution in [1.29, 1.82) is 0 Å². The summed E-state index contributed by atoms with van der Waals surface area (Å²) in [7, 11) is 0. The molecule has 0 heterocycles. The van der Waals surface area contributed by atoms with E-state index in [0.717, 1.165) is 11.1 Å². The molecule has 0 unspecified atom stereocenters. The number of amides is 2. The summed E-state index contributed by atoms with van der Waals surface area (Å²) in [5, 5.41) is 15.5. The first-order valence-corrected chi connectivity index (χ1v) is 12.1. The highest BCUT2D eigenvalue weighted by Gasteiger charge is 2.25. The summed E-state index contributed by atoms with van der Waals surface area (Å²) < 4.78 is 5.38. The van der Waals surface area contributed by atoms with Crippen LogP contribution in [0.5, 0.6) is 0 Å². The largest absolute Gasteiger partial charge is 0.463 e. The zero-order valence-corrected chi connectivity index (χ0v) is 20.6. The Hall–Kier alpha value is -3.71. The van der Waals surface area contributed by atoms with Crippen molar-refractivity contribution in [2.45, 2.75) is 44.2 Å². The second-order valence-corrected chi connectivity index (χ2v) is 8.54. The summed E-state index contributed by atoms with van der Waals surface area (Å²) in [6.07, 6.45) is 4.67. The fourth-order valence-electron chi connectivity index (χ4n) is 3.72. The van der Waals surface area contributed by atoms with Crippen molar-refractivity contribution in [1.82, 2.24) is 10.6 Å². The molecule has 3 N–H and O–H groups in total. The number of carbonyl (C=O) groups is 3. The van der Waals surface area contributed by atoms with Crippen LogP contribution >= 0.6 is 0 Å². The third kappa shape index (κ3) is 10.3. The molecule has 0 aliphatic rings. The molecule has 7 nitrogen and oxygen atoms in total. The molecule has 0 bridgehead atoms. The number of hydrogen-bond donors (Lipinski definition) is 3. The summed E-state index contributed by atoms with van der Waals surface area (Å²) in [4.78, 5) is 37.9. The van der Waals surface area contributed by atoms with Crippen LogP contribution in [0.2, 0.25) is 0 Å². The maximum Gasteiger partial charge on any atom is 0.306 e.